The summed E-state index contributed by atoms with van der Waals surface area (Å²) in [5.74, 6) is 1.46. The second kappa shape index (κ2) is 13.0. The van der Waals surface area contributed by atoms with Gasteiger partial charge in [-0.15, -0.1) is 0 Å². The third-order valence-electron chi connectivity index (χ3n) is 9.20. The molecule has 0 atom stereocenters. The summed E-state index contributed by atoms with van der Waals surface area (Å²) in [7, 11) is 0.721. The van der Waals surface area contributed by atoms with Crippen molar-refractivity contribution in [3.8, 4) is 16.9 Å². The van der Waals surface area contributed by atoms with E-state index in [9.17, 15) is 8.96 Å². The van der Waals surface area contributed by atoms with Gasteiger partial charge in [-0.3, -0.25) is 19.5 Å². The highest BCUT2D eigenvalue weighted by molar-refractivity contribution is 7.71. The first kappa shape index (κ1) is 33.4. The molecule has 15 heteroatoms. The summed E-state index contributed by atoms with van der Waals surface area (Å²) in [4.78, 5) is 26.3. The van der Waals surface area contributed by atoms with E-state index in [2.05, 4.69) is 40.5 Å². The largest absolute Gasteiger partial charge is 0.494 e. The van der Waals surface area contributed by atoms with Gasteiger partial charge in [0.15, 0.2) is 0 Å². The van der Waals surface area contributed by atoms with Crippen molar-refractivity contribution >= 4 is 63.3 Å². The number of ether oxygens (including phenoxy) is 1. The summed E-state index contributed by atoms with van der Waals surface area (Å²) in [6.45, 7) is 9.89. The number of aryl methyl sites for hydroxylation is 1. The first-order valence-corrected chi connectivity index (χ1v) is 19.0. The fourth-order valence-electron chi connectivity index (χ4n) is 6.53. The van der Waals surface area contributed by atoms with Gasteiger partial charge in [0.25, 0.3) is 0 Å². The molecule has 1 fully saturated rings. The fraction of sp³-hybridized carbons (Fsp3) is 0.343. The van der Waals surface area contributed by atoms with Crippen molar-refractivity contribution < 1.29 is 13.7 Å². The van der Waals surface area contributed by atoms with Gasteiger partial charge >= 0.3 is 0 Å². The number of rotatable bonds is 10. The number of methoxy groups -OCH3 is 1. The van der Waals surface area contributed by atoms with Crippen LogP contribution < -0.4 is 25.6 Å². The van der Waals surface area contributed by atoms with Gasteiger partial charge in [-0.2, -0.15) is 15.1 Å². The standard InChI is InChI=1S/C35H41FN11O2P/c1-35(2,21-36)47-15-13-46(14-16-47)28-18-29(49-4)27(17-24(28)22-19-40-45(3)20-22)42-34-43-32-23(9-10-39-32)33(44-34)41-26-8-7-25-30(38-12-11-37-25)31(26)50(5,6)48/h7-12,17-20H,13-16,21H2,1-6H3,(H3,39,41,42,43,44). The number of anilines is 5. The molecule has 0 radical (unpaired) electrons. The molecule has 0 amide bonds. The molecule has 13 nitrogen and oxygen atoms in total. The van der Waals surface area contributed by atoms with E-state index in [1.54, 1.807) is 43.7 Å². The van der Waals surface area contributed by atoms with Gasteiger partial charge in [0.05, 0.1) is 40.9 Å². The molecule has 260 valence electrons. The average Bonchev–Trinajstić information content (AvgIpc) is 3.76. The van der Waals surface area contributed by atoms with E-state index in [1.165, 1.54) is 0 Å². The van der Waals surface area contributed by atoms with Crippen LogP contribution in [-0.2, 0) is 11.6 Å². The van der Waals surface area contributed by atoms with Gasteiger partial charge in [-0.05, 0) is 51.4 Å². The van der Waals surface area contributed by atoms with Crippen LogP contribution in [0, 0.1) is 0 Å². The van der Waals surface area contributed by atoms with Crippen LogP contribution in [0.5, 0.6) is 5.75 Å². The Bertz CT molecular complexity index is 2240. The molecule has 5 heterocycles. The van der Waals surface area contributed by atoms with Crippen LogP contribution in [-0.4, -0.2) is 98.4 Å². The Hall–Kier alpha value is -5.07. The average molecular weight is 698 g/mol. The highest BCUT2D eigenvalue weighted by atomic mass is 31.2. The molecular weight excluding hydrogens is 656 g/mol. The third kappa shape index (κ3) is 6.36. The van der Waals surface area contributed by atoms with Crippen LogP contribution in [0.4, 0.5) is 33.2 Å². The van der Waals surface area contributed by atoms with E-state index in [0.717, 1.165) is 48.4 Å². The van der Waals surface area contributed by atoms with Gasteiger partial charge in [-0.1, -0.05) is 0 Å². The zero-order valence-corrected chi connectivity index (χ0v) is 29.9. The summed E-state index contributed by atoms with van der Waals surface area (Å²) in [5, 5.41) is 12.7. The molecule has 1 aliphatic rings. The van der Waals surface area contributed by atoms with Gasteiger partial charge in [0.1, 0.15) is 36.5 Å². The predicted molar refractivity (Wildman–Crippen MR) is 198 cm³/mol. The predicted octanol–water partition coefficient (Wildman–Crippen LogP) is 5.92. The molecular formula is C35H41FN11O2P. The zero-order valence-electron chi connectivity index (χ0n) is 29.0. The van der Waals surface area contributed by atoms with Crippen LogP contribution in [0.3, 0.4) is 0 Å². The van der Waals surface area contributed by atoms with Gasteiger partial charge in [-0.25, -0.2) is 4.39 Å². The van der Waals surface area contributed by atoms with E-state index in [0.29, 0.717) is 50.9 Å². The van der Waals surface area contributed by atoms with Crippen LogP contribution in [0.25, 0.3) is 33.2 Å². The maximum atomic E-state index is 13.8. The van der Waals surface area contributed by atoms with Crippen molar-refractivity contribution in [2.75, 3.05) is 68.8 Å². The molecule has 1 saturated heterocycles. The Morgan fingerprint density at radius 3 is 2.50 bits per heavy atom. The van der Waals surface area contributed by atoms with E-state index < -0.39 is 19.4 Å². The third-order valence-corrected chi connectivity index (χ3v) is 10.7. The molecule has 0 unspecified atom stereocenters. The SMILES string of the molecule is COc1cc(N2CCN(C(C)(C)CF)CC2)c(-c2cnn(C)c2)cc1Nc1nc(Nc2ccc3nccnc3c2P(C)(C)=O)c2cc[nH]c2n1. The Morgan fingerprint density at radius 2 is 1.80 bits per heavy atom. The summed E-state index contributed by atoms with van der Waals surface area (Å²) in [6.07, 6.45) is 8.85. The van der Waals surface area contributed by atoms with Crippen molar-refractivity contribution in [1.29, 1.82) is 0 Å². The van der Waals surface area contributed by atoms with Crippen molar-refractivity contribution in [2.45, 2.75) is 19.4 Å². The summed E-state index contributed by atoms with van der Waals surface area (Å²) < 4.78 is 35.1. The van der Waals surface area contributed by atoms with Crippen LogP contribution in [0.1, 0.15) is 13.8 Å². The number of aromatic nitrogens is 7. The normalized spacial score (nSPS) is 14.4. The van der Waals surface area contributed by atoms with E-state index in [-0.39, 0.29) is 0 Å². The smallest absolute Gasteiger partial charge is 0.231 e. The van der Waals surface area contributed by atoms with Crippen molar-refractivity contribution in [3.63, 3.8) is 0 Å². The van der Waals surface area contributed by atoms with Gasteiger partial charge in [0.2, 0.25) is 5.95 Å². The molecule has 0 spiro atoms. The number of alkyl halides is 1. The lowest BCUT2D eigenvalue weighted by Crippen LogP contribution is -2.55. The molecule has 4 aromatic heterocycles. The molecule has 0 bridgehead atoms. The van der Waals surface area contributed by atoms with Gasteiger partial charge < -0.3 is 29.8 Å². The summed E-state index contributed by atoms with van der Waals surface area (Å²) >= 11 is 0. The second-order valence-electron chi connectivity index (χ2n) is 13.5. The molecule has 50 heavy (non-hydrogen) atoms. The number of H-pyrrole nitrogens is 1. The number of piperazine rings is 1. The molecule has 7 rings (SSSR count). The Balaban J connectivity index is 1.27. The van der Waals surface area contributed by atoms with E-state index >= 15 is 0 Å². The number of aromatic amines is 1. The number of halogens is 1. The molecule has 6 aromatic rings. The maximum absolute atomic E-state index is 13.8. The monoisotopic (exact) mass is 697 g/mol. The highest BCUT2D eigenvalue weighted by Crippen LogP contribution is 2.43. The number of hydrogen-bond donors (Lipinski definition) is 3. The maximum Gasteiger partial charge on any atom is 0.231 e. The minimum absolute atomic E-state index is 0.325. The van der Waals surface area contributed by atoms with Crippen LogP contribution in [0.15, 0.2) is 61.3 Å². The summed E-state index contributed by atoms with van der Waals surface area (Å²) in [5.41, 5.74) is 5.56. The van der Waals surface area contributed by atoms with Crippen LogP contribution in [0.2, 0.25) is 0 Å². The van der Waals surface area contributed by atoms with Crippen LogP contribution >= 0.6 is 7.14 Å². The Labute approximate surface area is 289 Å². The zero-order chi connectivity index (χ0) is 35.2. The topological polar surface area (TPSA) is 142 Å². The first-order valence-electron chi connectivity index (χ1n) is 16.4. The molecule has 1 aliphatic heterocycles. The quantitative estimate of drug-likeness (QED) is 0.147. The Kier molecular flexibility index (Phi) is 8.69. The lowest BCUT2D eigenvalue weighted by Gasteiger charge is -2.44. The number of nitrogens with one attached hydrogen (secondary N) is 3. The lowest BCUT2D eigenvalue weighted by molar-refractivity contribution is 0.0861. The molecule has 3 N–H and O–H groups in total. The van der Waals surface area contributed by atoms with E-state index in [4.69, 9.17) is 14.7 Å². The highest BCUT2D eigenvalue weighted by Gasteiger charge is 2.31. The molecule has 0 aliphatic carbocycles. The number of hydrogen-bond acceptors (Lipinski definition) is 11. The first-order chi connectivity index (χ1) is 23.9. The fourth-order valence-corrected chi connectivity index (χ4v) is 7.93. The Morgan fingerprint density at radius 1 is 1.02 bits per heavy atom. The number of benzene rings is 2. The molecule has 2 aromatic carbocycles. The minimum atomic E-state index is -2.80. The minimum Gasteiger partial charge on any atom is -0.494 e. The lowest BCUT2D eigenvalue weighted by atomic mass is 10.0. The van der Waals surface area contributed by atoms with E-state index in [1.807, 2.05) is 63.6 Å². The molecule has 0 saturated carbocycles. The second-order valence-corrected chi connectivity index (χ2v) is 16.7. The van der Waals surface area contributed by atoms with Crippen molar-refractivity contribution in [3.05, 3.63) is 61.3 Å². The van der Waals surface area contributed by atoms with Crippen molar-refractivity contribution in [2.24, 2.45) is 7.05 Å². The van der Waals surface area contributed by atoms with Gasteiger partial charge in [0, 0.05) is 86.4 Å². The number of nitrogens with zero attached hydrogens (tertiary/aromatic N) is 8. The van der Waals surface area contributed by atoms with Crippen molar-refractivity contribution in [1.82, 2.24) is 39.6 Å². The number of fused-ring (bicyclic) bond motifs is 2. The summed E-state index contributed by atoms with van der Waals surface area (Å²) in [6, 6.07) is 9.66.